The number of benzene rings is 2. The summed E-state index contributed by atoms with van der Waals surface area (Å²) in [7, 11) is -3.29. The van der Waals surface area contributed by atoms with Crippen LogP contribution in [0.2, 0.25) is 0 Å². The summed E-state index contributed by atoms with van der Waals surface area (Å²) in [5, 5.41) is 2.90. The van der Waals surface area contributed by atoms with Crippen molar-refractivity contribution in [2.45, 2.75) is 19.4 Å². The number of anilines is 1. The van der Waals surface area contributed by atoms with Gasteiger partial charge in [0.1, 0.15) is 0 Å². The van der Waals surface area contributed by atoms with Crippen molar-refractivity contribution >= 4 is 37.5 Å². The number of fused-ring (bicyclic) bond motifs is 1. The van der Waals surface area contributed by atoms with E-state index in [-0.39, 0.29) is 5.91 Å². The minimum absolute atomic E-state index is 0.167. The number of carbonyl (C=O) groups is 1. The summed E-state index contributed by atoms with van der Waals surface area (Å²) in [5.74, 6) is -0.167. The molecule has 1 N–H and O–H groups in total. The first-order valence-corrected chi connectivity index (χ1v) is 10.6. The smallest absolute Gasteiger partial charge is 0.251 e. The van der Waals surface area contributed by atoms with Crippen molar-refractivity contribution in [3.63, 3.8) is 0 Å². The van der Waals surface area contributed by atoms with Gasteiger partial charge in [-0.1, -0.05) is 28.1 Å². The molecule has 25 heavy (non-hydrogen) atoms. The predicted molar refractivity (Wildman–Crippen MR) is 102 cm³/mol. The molecule has 7 heteroatoms. The SMILES string of the molecule is CS(=O)(=O)N1CCCc2cc(C(=O)NCc3cccc(Br)c3)ccc21. The minimum Gasteiger partial charge on any atom is -0.348 e. The van der Waals surface area contributed by atoms with Crippen molar-refractivity contribution < 1.29 is 13.2 Å². The molecular formula is C18H19BrN2O3S. The van der Waals surface area contributed by atoms with E-state index in [1.807, 2.05) is 24.3 Å². The van der Waals surface area contributed by atoms with Gasteiger partial charge in [0.2, 0.25) is 10.0 Å². The fraction of sp³-hybridized carbons (Fsp3) is 0.278. The van der Waals surface area contributed by atoms with E-state index in [1.165, 1.54) is 10.6 Å². The number of aryl methyl sites for hydroxylation is 1. The van der Waals surface area contributed by atoms with Crippen LogP contribution in [0.25, 0.3) is 0 Å². The lowest BCUT2D eigenvalue weighted by molar-refractivity contribution is 0.0951. The molecule has 0 unspecified atom stereocenters. The number of nitrogens with one attached hydrogen (secondary N) is 1. The van der Waals surface area contributed by atoms with Gasteiger partial charge in [0.05, 0.1) is 11.9 Å². The quantitative estimate of drug-likeness (QED) is 0.822. The molecule has 1 aliphatic heterocycles. The van der Waals surface area contributed by atoms with Crippen LogP contribution in [0.15, 0.2) is 46.9 Å². The number of hydrogen-bond donors (Lipinski definition) is 1. The molecule has 2 aromatic rings. The lowest BCUT2D eigenvalue weighted by atomic mass is 10.0. The van der Waals surface area contributed by atoms with Gasteiger partial charge >= 0.3 is 0 Å². The highest BCUT2D eigenvalue weighted by molar-refractivity contribution is 9.10. The second-order valence-corrected chi connectivity index (χ2v) is 8.92. The third-order valence-corrected chi connectivity index (χ3v) is 5.83. The summed E-state index contributed by atoms with van der Waals surface area (Å²) in [6.45, 7) is 0.922. The first-order chi connectivity index (χ1) is 11.8. The minimum atomic E-state index is -3.29. The molecule has 1 heterocycles. The van der Waals surface area contributed by atoms with Gasteiger partial charge in [-0.15, -0.1) is 0 Å². The zero-order chi connectivity index (χ0) is 18.0. The Morgan fingerprint density at radius 3 is 2.76 bits per heavy atom. The first-order valence-electron chi connectivity index (χ1n) is 7.98. The summed E-state index contributed by atoms with van der Waals surface area (Å²) in [6, 6.07) is 13.0. The van der Waals surface area contributed by atoms with Gasteiger partial charge in [0.25, 0.3) is 5.91 Å². The Kier molecular flexibility index (Phi) is 5.15. The fourth-order valence-electron chi connectivity index (χ4n) is 2.98. The van der Waals surface area contributed by atoms with E-state index in [4.69, 9.17) is 0 Å². The third kappa shape index (κ3) is 4.22. The lowest BCUT2D eigenvalue weighted by Gasteiger charge is -2.29. The zero-order valence-electron chi connectivity index (χ0n) is 13.8. The molecule has 0 saturated heterocycles. The Labute approximate surface area is 156 Å². The maximum atomic E-state index is 12.4. The second kappa shape index (κ2) is 7.17. The highest BCUT2D eigenvalue weighted by atomic mass is 79.9. The molecule has 0 spiro atoms. The molecule has 0 bridgehead atoms. The topological polar surface area (TPSA) is 66.5 Å². The summed E-state index contributed by atoms with van der Waals surface area (Å²) < 4.78 is 26.2. The Morgan fingerprint density at radius 1 is 1.24 bits per heavy atom. The van der Waals surface area contributed by atoms with Gasteiger partial charge in [0, 0.05) is 23.1 Å². The van der Waals surface area contributed by atoms with E-state index >= 15 is 0 Å². The van der Waals surface area contributed by atoms with E-state index in [2.05, 4.69) is 21.2 Å². The van der Waals surface area contributed by atoms with Crippen LogP contribution in [0.1, 0.15) is 27.9 Å². The standard InChI is InChI=1S/C18H19BrN2O3S/c1-25(23,24)21-9-3-5-14-11-15(7-8-17(14)21)18(22)20-12-13-4-2-6-16(19)10-13/h2,4,6-8,10-11H,3,5,9,12H2,1H3,(H,20,22). The molecule has 0 aliphatic carbocycles. The molecule has 0 fully saturated rings. The van der Waals surface area contributed by atoms with Crippen LogP contribution in [0.4, 0.5) is 5.69 Å². The van der Waals surface area contributed by atoms with Crippen LogP contribution in [0.5, 0.6) is 0 Å². The van der Waals surface area contributed by atoms with Crippen molar-refractivity contribution in [2.24, 2.45) is 0 Å². The van der Waals surface area contributed by atoms with E-state index in [0.717, 1.165) is 28.4 Å². The fourth-order valence-corrected chi connectivity index (χ4v) is 4.42. The molecule has 2 aromatic carbocycles. The van der Waals surface area contributed by atoms with Crippen molar-refractivity contribution in [1.82, 2.24) is 5.32 Å². The van der Waals surface area contributed by atoms with Crippen LogP contribution in [-0.2, 0) is 23.0 Å². The number of rotatable bonds is 4. The molecule has 0 radical (unpaired) electrons. The Bertz CT molecular complexity index is 912. The predicted octanol–water partition coefficient (Wildman–Crippen LogP) is 3.09. The molecule has 0 atom stereocenters. The van der Waals surface area contributed by atoms with Crippen molar-refractivity contribution in [1.29, 1.82) is 0 Å². The molecule has 132 valence electrons. The van der Waals surface area contributed by atoms with Gasteiger partial charge in [-0.25, -0.2) is 8.42 Å². The van der Waals surface area contributed by atoms with Gasteiger partial charge in [-0.3, -0.25) is 9.10 Å². The summed E-state index contributed by atoms with van der Waals surface area (Å²) in [5.41, 5.74) is 3.12. The largest absolute Gasteiger partial charge is 0.348 e. The maximum absolute atomic E-state index is 12.4. The second-order valence-electron chi connectivity index (χ2n) is 6.09. The van der Waals surface area contributed by atoms with Gasteiger partial charge in [-0.05, 0) is 54.3 Å². The number of halogens is 1. The average molecular weight is 423 g/mol. The lowest BCUT2D eigenvalue weighted by Crippen LogP contribution is -2.34. The van der Waals surface area contributed by atoms with Crippen LogP contribution in [-0.4, -0.2) is 27.1 Å². The zero-order valence-corrected chi connectivity index (χ0v) is 16.2. The van der Waals surface area contributed by atoms with Crippen LogP contribution >= 0.6 is 15.9 Å². The first kappa shape index (κ1) is 17.9. The molecule has 1 aliphatic rings. The Hall–Kier alpha value is -1.86. The van der Waals surface area contributed by atoms with Crippen molar-refractivity contribution in [3.8, 4) is 0 Å². The molecule has 1 amide bonds. The number of nitrogens with zero attached hydrogens (tertiary/aromatic N) is 1. The van der Waals surface area contributed by atoms with Crippen LogP contribution in [0, 0.1) is 0 Å². The van der Waals surface area contributed by atoms with Gasteiger partial charge in [-0.2, -0.15) is 0 Å². The molecule has 0 aromatic heterocycles. The summed E-state index contributed by atoms with van der Waals surface area (Å²) >= 11 is 3.41. The Morgan fingerprint density at radius 2 is 2.04 bits per heavy atom. The highest BCUT2D eigenvalue weighted by Gasteiger charge is 2.24. The number of sulfonamides is 1. The molecule has 0 saturated carbocycles. The molecule has 5 nitrogen and oxygen atoms in total. The van der Waals surface area contributed by atoms with Crippen LogP contribution < -0.4 is 9.62 Å². The number of carbonyl (C=O) groups excluding carboxylic acids is 1. The van der Waals surface area contributed by atoms with Crippen molar-refractivity contribution in [2.75, 3.05) is 17.1 Å². The van der Waals surface area contributed by atoms with Gasteiger partial charge < -0.3 is 5.32 Å². The van der Waals surface area contributed by atoms with E-state index < -0.39 is 10.0 Å². The summed E-state index contributed by atoms with van der Waals surface area (Å²) in [4.78, 5) is 12.4. The van der Waals surface area contributed by atoms with E-state index in [0.29, 0.717) is 24.3 Å². The van der Waals surface area contributed by atoms with E-state index in [9.17, 15) is 13.2 Å². The third-order valence-electron chi connectivity index (χ3n) is 4.16. The monoisotopic (exact) mass is 422 g/mol. The van der Waals surface area contributed by atoms with Gasteiger partial charge in [0.15, 0.2) is 0 Å². The maximum Gasteiger partial charge on any atom is 0.251 e. The average Bonchev–Trinajstić information content (AvgIpc) is 2.58. The Balaban J connectivity index is 1.76. The normalized spacial score (nSPS) is 14.1. The van der Waals surface area contributed by atoms with Crippen LogP contribution in [0.3, 0.4) is 0 Å². The molecular weight excluding hydrogens is 404 g/mol. The number of hydrogen-bond acceptors (Lipinski definition) is 3. The van der Waals surface area contributed by atoms with E-state index in [1.54, 1.807) is 18.2 Å². The molecule has 3 rings (SSSR count). The highest BCUT2D eigenvalue weighted by Crippen LogP contribution is 2.29. The summed E-state index contributed by atoms with van der Waals surface area (Å²) in [6.07, 6.45) is 2.73. The number of amides is 1. The van der Waals surface area contributed by atoms with Crippen molar-refractivity contribution in [3.05, 3.63) is 63.6 Å².